The molecule has 23 heavy (non-hydrogen) atoms. The minimum atomic E-state index is -0.226. The van der Waals surface area contributed by atoms with Gasteiger partial charge in [0.05, 0.1) is 25.8 Å². The summed E-state index contributed by atoms with van der Waals surface area (Å²) in [5, 5.41) is 6.58. The molecule has 0 heterocycles. The molecule has 0 aliphatic carbocycles. The fourth-order valence-electron chi connectivity index (χ4n) is 1.80. The summed E-state index contributed by atoms with van der Waals surface area (Å²) >= 11 is 0. The van der Waals surface area contributed by atoms with E-state index < -0.39 is 0 Å². The summed E-state index contributed by atoms with van der Waals surface area (Å²) in [4.78, 5) is 17.4. The molecule has 1 N–H and O–H groups in total. The van der Waals surface area contributed by atoms with Crippen LogP contribution < -0.4 is 14.8 Å². The van der Waals surface area contributed by atoms with Crippen molar-refractivity contribution in [3.05, 3.63) is 23.8 Å². The third-order valence-electron chi connectivity index (χ3n) is 2.94. The monoisotopic (exact) mass is 322 g/mol. The van der Waals surface area contributed by atoms with Crippen LogP contribution in [0.25, 0.3) is 0 Å². The van der Waals surface area contributed by atoms with Crippen LogP contribution in [0.2, 0.25) is 0 Å². The van der Waals surface area contributed by atoms with Crippen LogP contribution in [0.15, 0.2) is 23.4 Å². The van der Waals surface area contributed by atoms with Crippen LogP contribution in [-0.2, 0) is 4.84 Å². The van der Waals surface area contributed by atoms with Crippen molar-refractivity contribution in [2.45, 2.75) is 33.1 Å². The number of nitrogens with one attached hydrogen (secondary N) is 1. The number of carbonyl (C=O) groups is 1. The molecule has 128 valence electrons. The van der Waals surface area contributed by atoms with Crippen LogP contribution in [0.5, 0.6) is 11.5 Å². The smallest absolute Gasteiger partial charge is 0.255 e. The van der Waals surface area contributed by atoms with Gasteiger partial charge in [0.2, 0.25) is 0 Å². The van der Waals surface area contributed by atoms with Crippen LogP contribution in [0, 0.1) is 0 Å². The molecule has 0 radical (unpaired) electrons. The van der Waals surface area contributed by atoms with E-state index in [2.05, 4.69) is 17.4 Å². The highest BCUT2D eigenvalue weighted by Crippen LogP contribution is 2.31. The van der Waals surface area contributed by atoms with Crippen molar-refractivity contribution in [3.63, 3.8) is 0 Å². The second kappa shape index (κ2) is 11.3. The van der Waals surface area contributed by atoms with Crippen molar-refractivity contribution in [1.29, 1.82) is 0 Å². The first-order chi connectivity index (χ1) is 11.2. The summed E-state index contributed by atoms with van der Waals surface area (Å²) in [6.45, 7) is 5.29. The lowest BCUT2D eigenvalue weighted by Crippen LogP contribution is -2.27. The zero-order valence-electron chi connectivity index (χ0n) is 14.1. The standard InChI is InChI=1S/C17H26N2O4/c1-4-6-10-19-23-13-11-18-17(20)14-8-7-9-15(21-3)16(14)22-12-5-2/h7-10H,4-6,11-13H2,1-3H3,(H,18,20)/b19-10-. The van der Waals surface area contributed by atoms with Crippen molar-refractivity contribution >= 4 is 12.1 Å². The van der Waals surface area contributed by atoms with Crippen molar-refractivity contribution in [1.82, 2.24) is 5.32 Å². The third kappa shape index (κ3) is 6.59. The first kappa shape index (κ1) is 18.8. The van der Waals surface area contributed by atoms with E-state index in [-0.39, 0.29) is 5.91 Å². The van der Waals surface area contributed by atoms with E-state index in [4.69, 9.17) is 14.3 Å². The molecule has 0 fully saturated rings. The van der Waals surface area contributed by atoms with E-state index in [0.717, 1.165) is 19.3 Å². The molecule has 1 rings (SSSR count). The van der Waals surface area contributed by atoms with Gasteiger partial charge < -0.3 is 19.6 Å². The number of amides is 1. The highest BCUT2D eigenvalue weighted by molar-refractivity contribution is 5.97. The molecule has 6 heteroatoms. The highest BCUT2D eigenvalue weighted by atomic mass is 16.6. The zero-order valence-corrected chi connectivity index (χ0v) is 14.1. The van der Waals surface area contributed by atoms with Gasteiger partial charge in [-0.25, -0.2) is 0 Å². The lowest BCUT2D eigenvalue weighted by Gasteiger charge is -2.14. The van der Waals surface area contributed by atoms with Crippen LogP contribution in [-0.4, -0.2) is 39.0 Å². The second-order valence-corrected chi connectivity index (χ2v) is 4.85. The van der Waals surface area contributed by atoms with E-state index in [1.54, 1.807) is 31.5 Å². The molecule has 0 saturated carbocycles. The minimum Gasteiger partial charge on any atom is -0.493 e. The molecule has 0 saturated heterocycles. The number of unbranched alkanes of at least 4 members (excludes halogenated alkanes) is 1. The van der Waals surface area contributed by atoms with E-state index in [1.807, 2.05) is 6.92 Å². The van der Waals surface area contributed by atoms with Gasteiger partial charge >= 0.3 is 0 Å². The summed E-state index contributed by atoms with van der Waals surface area (Å²) in [5.41, 5.74) is 0.451. The Morgan fingerprint density at radius 1 is 1.26 bits per heavy atom. The Morgan fingerprint density at radius 2 is 2.09 bits per heavy atom. The second-order valence-electron chi connectivity index (χ2n) is 4.85. The molecule has 0 unspecified atom stereocenters. The summed E-state index contributed by atoms with van der Waals surface area (Å²) in [7, 11) is 1.55. The van der Waals surface area contributed by atoms with Gasteiger partial charge in [-0.1, -0.05) is 31.5 Å². The van der Waals surface area contributed by atoms with Crippen molar-refractivity contribution < 1.29 is 19.1 Å². The van der Waals surface area contributed by atoms with Crippen LogP contribution in [0.4, 0.5) is 0 Å². The maximum Gasteiger partial charge on any atom is 0.255 e. The minimum absolute atomic E-state index is 0.226. The molecule has 1 amide bonds. The average molecular weight is 322 g/mol. The number of carbonyl (C=O) groups excluding carboxylic acids is 1. The number of rotatable bonds is 11. The number of para-hydroxylation sites is 1. The number of hydrogen-bond acceptors (Lipinski definition) is 5. The molecule has 0 aliphatic heterocycles. The first-order valence-corrected chi connectivity index (χ1v) is 7.96. The van der Waals surface area contributed by atoms with Crippen molar-refractivity contribution in [2.24, 2.45) is 5.16 Å². The van der Waals surface area contributed by atoms with Gasteiger partial charge in [-0.3, -0.25) is 4.79 Å². The lowest BCUT2D eigenvalue weighted by atomic mass is 10.1. The number of methoxy groups -OCH3 is 1. The molecule has 1 aromatic carbocycles. The molecule has 0 bridgehead atoms. The molecule has 0 spiro atoms. The topological polar surface area (TPSA) is 69.2 Å². The van der Waals surface area contributed by atoms with Crippen molar-refractivity contribution in [2.75, 3.05) is 26.9 Å². The summed E-state index contributed by atoms with van der Waals surface area (Å²) in [6, 6.07) is 5.24. The predicted molar refractivity (Wildman–Crippen MR) is 90.5 cm³/mol. The van der Waals surface area contributed by atoms with Crippen LogP contribution in [0.1, 0.15) is 43.5 Å². The van der Waals surface area contributed by atoms with Crippen LogP contribution in [0.3, 0.4) is 0 Å². The number of nitrogens with zero attached hydrogens (tertiary/aromatic N) is 1. The Balaban J connectivity index is 2.57. The highest BCUT2D eigenvalue weighted by Gasteiger charge is 2.16. The van der Waals surface area contributed by atoms with Gasteiger partial charge in [-0.05, 0) is 25.0 Å². The SMILES string of the molecule is CCC/C=N\OCCNC(=O)c1cccc(OC)c1OCCC. The number of hydrogen-bond donors (Lipinski definition) is 1. The van der Waals surface area contributed by atoms with Gasteiger partial charge in [-0.15, -0.1) is 0 Å². The predicted octanol–water partition coefficient (Wildman–Crippen LogP) is 3.02. The Morgan fingerprint density at radius 3 is 2.78 bits per heavy atom. The Labute approximate surface area is 137 Å². The molecular formula is C17H26N2O4. The Bertz CT molecular complexity index is 503. The van der Waals surface area contributed by atoms with E-state index in [9.17, 15) is 4.79 Å². The lowest BCUT2D eigenvalue weighted by molar-refractivity contribution is 0.0916. The van der Waals surface area contributed by atoms with Gasteiger partial charge in [0.25, 0.3) is 5.91 Å². The first-order valence-electron chi connectivity index (χ1n) is 7.96. The summed E-state index contributed by atoms with van der Waals surface area (Å²) < 4.78 is 10.9. The quantitative estimate of drug-likeness (QED) is 0.386. The summed E-state index contributed by atoms with van der Waals surface area (Å²) in [5.74, 6) is 0.791. The normalized spacial score (nSPS) is 10.6. The largest absolute Gasteiger partial charge is 0.493 e. The maximum absolute atomic E-state index is 12.3. The summed E-state index contributed by atoms with van der Waals surface area (Å²) in [6.07, 6.45) is 4.48. The Hall–Kier alpha value is -2.24. The van der Waals surface area contributed by atoms with Crippen LogP contribution >= 0.6 is 0 Å². The fraction of sp³-hybridized carbons (Fsp3) is 0.529. The fourth-order valence-corrected chi connectivity index (χ4v) is 1.80. The van der Waals surface area contributed by atoms with E-state index in [1.165, 1.54) is 0 Å². The maximum atomic E-state index is 12.3. The molecule has 0 aromatic heterocycles. The third-order valence-corrected chi connectivity index (χ3v) is 2.94. The average Bonchev–Trinajstić information content (AvgIpc) is 2.58. The van der Waals surface area contributed by atoms with E-state index >= 15 is 0 Å². The number of oxime groups is 1. The van der Waals surface area contributed by atoms with Gasteiger partial charge in [0.1, 0.15) is 6.61 Å². The molecule has 6 nitrogen and oxygen atoms in total. The molecule has 0 atom stereocenters. The van der Waals surface area contributed by atoms with Gasteiger partial charge in [-0.2, -0.15) is 0 Å². The number of benzene rings is 1. The van der Waals surface area contributed by atoms with Crippen molar-refractivity contribution in [3.8, 4) is 11.5 Å². The van der Waals surface area contributed by atoms with Gasteiger partial charge in [0.15, 0.2) is 11.5 Å². The Kier molecular flexibility index (Phi) is 9.28. The molecule has 1 aromatic rings. The van der Waals surface area contributed by atoms with Gasteiger partial charge in [0, 0.05) is 6.21 Å². The van der Waals surface area contributed by atoms with E-state index in [0.29, 0.717) is 36.8 Å². The molecule has 0 aliphatic rings. The number of ether oxygens (including phenoxy) is 2. The zero-order chi connectivity index (χ0) is 16.9. The molecular weight excluding hydrogens is 296 g/mol.